The second-order valence-corrected chi connectivity index (χ2v) is 3.70. The fourth-order valence-corrected chi connectivity index (χ4v) is 1.84. The second kappa shape index (κ2) is 4.35. The maximum absolute atomic E-state index is 12.5. The minimum atomic E-state index is -0.529. The van der Waals surface area contributed by atoms with Crippen molar-refractivity contribution in [3.05, 3.63) is 18.3 Å². The first-order valence-corrected chi connectivity index (χ1v) is 5.09. The molecule has 0 amide bonds. The van der Waals surface area contributed by atoms with E-state index in [1.165, 1.54) is 38.3 Å². The van der Waals surface area contributed by atoms with Gasteiger partial charge < -0.3 is 5.32 Å². The highest BCUT2D eigenvalue weighted by Crippen LogP contribution is 2.20. The number of rotatable bonds is 2. The van der Waals surface area contributed by atoms with E-state index in [2.05, 4.69) is 15.3 Å². The number of nitrogens with zero attached hydrogens (tertiary/aromatic N) is 2. The molecule has 0 aliphatic heterocycles. The van der Waals surface area contributed by atoms with Gasteiger partial charge in [0.25, 0.3) is 0 Å². The van der Waals surface area contributed by atoms with Crippen molar-refractivity contribution in [1.82, 2.24) is 9.97 Å². The molecule has 0 radical (unpaired) electrons. The first-order chi connectivity index (χ1) is 6.84. The molecule has 1 aromatic rings. The molecule has 76 valence electrons. The smallest absolute Gasteiger partial charge is 0.231 e. The average molecular weight is 195 g/mol. The maximum atomic E-state index is 12.5. The van der Waals surface area contributed by atoms with E-state index in [0.29, 0.717) is 11.9 Å². The van der Waals surface area contributed by atoms with E-state index in [1.807, 2.05) is 0 Å². The zero-order chi connectivity index (χ0) is 9.80. The van der Waals surface area contributed by atoms with Gasteiger partial charge in [0.15, 0.2) is 0 Å². The Morgan fingerprint density at radius 3 is 2.57 bits per heavy atom. The van der Waals surface area contributed by atoms with Crippen molar-refractivity contribution in [2.75, 3.05) is 5.32 Å². The van der Waals surface area contributed by atoms with Gasteiger partial charge in [-0.3, -0.25) is 0 Å². The zero-order valence-electron chi connectivity index (χ0n) is 8.04. The van der Waals surface area contributed by atoms with Crippen molar-refractivity contribution in [3.63, 3.8) is 0 Å². The Labute approximate surface area is 82.8 Å². The van der Waals surface area contributed by atoms with Crippen molar-refractivity contribution < 1.29 is 4.39 Å². The molecule has 0 unspecified atom stereocenters. The Balaban J connectivity index is 1.92. The number of aromatic nitrogens is 2. The second-order valence-electron chi connectivity index (χ2n) is 3.70. The number of nitrogens with one attached hydrogen (secondary N) is 1. The van der Waals surface area contributed by atoms with Gasteiger partial charge in [-0.15, -0.1) is 0 Å². The van der Waals surface area contributed by atoms with E-state index < -0.39 is 5.95 Å². The van der Waals surface area contributed by atoms with Crippen molar-refractivity contribution in [3.8, 4) is 0 Å². The van der Waals surface area contributed by atoms with Crippen molar-refractivity contribution in [1.29, 1.82) is 0 Å². The fraction of sp³-hybridized carbons (Fsp3) is 0.600. The third-order valence-corrected chi connectivity index (χ3v) is 2.58. The monoisotopic (exact) mass is 195 g/mol. The number of anilines is 1. The van der Waals surface area contributed by atoms with E-state index in [9.17, 15) is 4.39 Å². The lowest BCUT2D eigenvalue weighted by molar-refractivity contribution is 0.461. The summed E-state index contributed by atoms with van der Waals surface area (Å²) in [5, 5.41) is 3.27. The van der Waals surface area contributed by atoms with Gasteiger partial charge in [-0.05, 0) is 12.8 Å². The van der Waals surface area contributed by atoms with Crippen LogP contribution in [0, 0.1) is 5.95 Å². The standard InChI is InChI=1S/C10H14FN3/c11-9-6-13-10(7-12-9)14-8-4-2-1-3-5-8/h6-8H,1-5H2,(H,13,14). The summed E-state index contributed by atoms with van der Waals surface area (Å²) in [6, 6.07) is 0.489. The highest BCUT2D eigenvalue weighted by atomic mass is 19.1. The van der Waals surface area contributed by atoms with Gasteiger partial charge in [0.2, 0.25) is 5.95 Å². The Kier molecular flexibility index (Phi) is 2.91. The number of hydrogen-bond acceptors (Lipinski definition) is 3. The average Bonchev–Trinajstić information content (AvgIpc) is 2.23. The molecule has 0 bridgehead atoms. The van der Waals surface area contributed by atoms with Crippen LogP contribution in [0.1, 0.15) is 32.1 Å². The predicted molar refractivity (Wildman–Crippen MR) is 52.5 cm³/mol. The van der Waals surface area contributed by atoms with E-state index in [0.717, 1.165) is 6.20 Å². The third kappa shape index (κ3) is 2.40. The Bertz CT molecular complexity index is 280. The summed E-state index contributed by atoms with van der Waals surface area (Å²) in [4.78, 5) is 7.48. The molecule has 0 atom stereocenters. The van der Waals surface area contributed by atoms with Crippen LogP contribution in [0.2, 0.25) is 0 Å². The Hall–Kier alpha value is -1.19. The van der Waals surface area contributed by atoms with Crippen LogP contribution in [-0.4, -0.2) is 16.0 Å². The number of hydrogen-bond donors (Lipinski definition) is 1. The molecular weight excluding hydrogens is 181 g/mol. The molecule has 1 heterocycles. The SMILES string of the molecule is Fc1cnc(NC2CCCCC2)cn1. The first kappa shape index (κ1) is 9.37. The van der Waals surface area contributed by atoms with Crippen molar-refractivity contribution >= 4 is 5.82 Å². The normalized spacial score (nSPS) is 18.1. The lowest BCUT2D eigenvalue weighted by Crippen LogP contribution is -2.22. The quantitative estimate of drug-likeness (QED) is 0.787. The lowest BCUT2D eigenvalue weighted by Gasteiger charge is -2.22. The van der Waals surface area contributed by atoms with Gasteiger partial charge in [0.1, 0.15) is 5.82 Å². The summed E-state index contributed by atoms with van der Waals surface area (Å²) in [5.41, 5.74) is 0. The highest BCUT2D eigenvalue weighted by Gasteiger charge is 2.13. The Morgan fingerprint density at radius 1 is 1.14 bits per heavy atom. The summed E-state index contributed by atoms with van der Waals surface area (Å²) in [6.45, 7) is 0. The molecule has 1 aliphatic carbocycles. The molecule has 4 heteroatoms. The molecule has 14 heavy (non-hydrogen) atoms. The molecule has 1 saturated carbocycles. The molecular formula is C10H14FN3. The minimum Gasteiger partial charge on any atom is -0.366 e. The summed E-state index contributed by atoms with van der Waals surface area (Å²) < 4.78 is 12.5. The van der Waals surface area contributed by atoms with Crippen molar-refractivity contribution in [2.45, 2.75) is 38.1 Å². The molecule has 1 aliphatic rings. The summed E-state index contributed by atoms with van der Waals surface area (Å²) in [5.74, 6) is 0.150. The van der Waals surface area contributed by atoms with Crippen LogP contribution in [0.25, 0.3) is 0 Å². The van der Waals surface area contributed by atoms with Gasteiger partial charge in [-0.2, -0.15) is 4.39 Å². The fourth-order valence-electron chi connectivity index (χ4n) is 1.84. The molecule has 0 aromatic carbocycles. The predicted octanol–water partition coefficient (Wildman–Crippen LogP) is 2.36. The van der Waals surface area contributed by atoms with Gasteiger partial charge >= 0.3 is 0 Å². The van der Waals surface area contributed by atoms with Gasteiger partial charge in [0.05, 0.1) is 12.4 Å². The Morgan fingerprint density at radius 2 is 1.93 bits per heavy atom. The highest BCUT2D eigenvalue weighted by molar-refractivity contribution is 5.31. The molecule has 2 rings (SSSR count). The van der Waals surface area contributed by atoms with Gasteiger partial charge in [-0.1, -0.05) is 19.3 Å². The molecule has 3 nitrogen and oxygen atoms in total. The van der Waals surface area contributed by atoms with Crippen molar-refractivity contribution in [2.24, 2.45) is 0 Å². The summed E-state index contributed by atoms with van der Waals surface area (Å²) in [7, 11) is 0. The van der Waals surface area contributed by atoms with Gasteiger partial charge in [0, 0.05) is 6.04 Å². The van der Waals surface area contributed by atoms with E-state index in [-0.39, 0.29) is 0 Å². The molecule has 1 aromatic heterocycles. The van der Waals surface area contributed by atoms with Crippen LogP contribution < -0.4 is 5.32 Å². The molecule has 1 fully saturated rings. The van der Waals surface area contributed by atoms with Gasteiger partial charge in [-0.25, -0.2) is 9.97 Å². The number of halogens is 1. The van der Waals surface area contributed by atoms with Crippen LogP contribution in [0.3, 0.4) is 0 Å². The largest absolute Gasteiger partial charge is 0.366 e. The van der Waals surface area contributed by atoms with Crippen LogP contribution in [0.5, 0.6) is 0 Å². The van der Waals surface area contributed by atoms with E-state index in [4.69, 9.17) is 0 Å². The maximum Gasteiger partial charge on any atom is 0.231 e. The molecule has 1 N–H and O–H groups in total. The first-order valence-electron chi connectivity index (χ1n) is 5.09. The van der Waals surface area contributed by atoms with Crippen LogP contribution in [0.4, 0.5) is 10.2 Å². The zero-order valence-corrected chi connectivity index (χ0v) is 8.04. The minimum absolute atomic E-state index is 0.489. The topological polar surface area (TPSA) is 37.8 Å². The summed E-state index contributed by atoms with van der Waals surface area (Å²) >= 11 is 0. The van der Waals surface area contributed by atoms with Crippen LogP contribution >= 0.6 is 0 Å². The van der Waals surface area contributed by atoms with Crippen LogP contribution in [0.15, 0.2) is 12.4 Å². The lowest BCUT2D eigenvalue weighted by atomic mass is 9.96. The van der Waals surface area contributed by atoms with Crippen LogP contribution in [-0.2, 0) is 0 Å². The molecule has 0 spiro atoms. The third-order valence-electron chi connectivity index (χ3n) is 2.58. The molecule has 0 saturated heterocycles. The van der Waals surface area contributed by atoms with E-state index in [1.54, 1.807) is 0 Å². The summed E-state index contributed by atoms with van der Waals surface area (Å²) in [6.07, 6.45) is 8.82. The van der Waals surface area contributed by atoms with E-state index >= 15 is 0 Å².